The van der Waals surface area contributed by atoms with Crippen molar-refractivity contribution in [3.63, 3.8) is 0 Å². The molecule has 17 heavy (non-hydrogen) atoms. The molecule has 3 heteroatoms. The summed E-state index contributed by atoms with van der Waals surface area (Å²) in [7, 11) is 0. The van der Waals surface area contributed by atoms with Gasteiger partial charge in [-0.1, -0.05) is 33.3 Å². The number of likely N-dealkylation sites (tertiary alicyclic amines) is 1. The monoisotopic (exact) mass is 239 g/mol. The van der Waals surface area contributed by atoms with E-state index in [1.807, 2.05) is 13.8 Å². The van der Waals surface area contributed by atoms with Crippen LogP contribution in [0.5, 0.6) is 0 Å². The van der Waals surface area contributed by atoms with E-state index in [4.69, 9.17) is 0 Å². The SMILES string of the molecule is C/C(=C/C(=O)N1CCC(C)C(O)C1)C(C)(C)C. The van der Waals surface area contributed by atoms with E-state index in [0.717, 1.165) is 18.5 Å². The fourth-order valence-electron chi connectivity index (χ4n) is 1.74. The number of hydrogen-bond acceptors (Lipinski definition) is 2. The van der Waals surface area contributed by atoms with Crippen LogP contribution in [0.25, 0.3) is 0 Å². The lowest BCUT2D eigenvalue weighted by molar-refractivity contribution is -0.130. The normalized spacial score (nSPS) is 27.2. The van der Waals surface area contributed by atoms with Crippen molar-refractivity contribution < 1.29 is 9.90 Å². The number of nitrogens with zero attached hydrogens (tertiary/aromatic N) is 1. The molecule has 1 heterocycles. The van der Waals surface area contributed by atoms with Crippen molar-refractivity contribution in [2.24, 2.45) is 11.3 Å². The second kappa shape index (κ2) is 5.21. The van der Waals surface area contributed by atoms with Gasteiger partial charge in [-0.2, -0.15) is 0 Å². The molecule has 0 bridgehead atoms. The molecule has 0 aromatic carbocycles. The summed E-state index contributed by atoms with van der Waals surface area (Å²) >= 11 is 0. The van der Waals surface area contributed by atoms with Gasteiger partial charge in [-0.15, -0.1) is 0 Å². The third-order valence-corrected chi connectivity index (χ3v) is 3.75. The van der Waals surface area contributed by atoms with Crippen LogP contribution in [0.2, 0.25) is 0 Å². The van der Waals surface area contributed by atoms with Crippen molar-refractivity contribution >= 4 is 5.91 Å². The fourth-order valence-corrected chi connectivity index (χ4v) is 1.74. The highest BCUT2D eigenvalue weighted by Crippen LogP contribution is 2.25. The Hall–Kier alpha value is -0.830. The molecule has 1 fully saturated rings. The van der Waals surface area contributed by atoms with Gasteiger partial charge in [0.05, 0.1) is 6.10 Å². The van der Waals surface area contributed by atoms with Gasteiger partial charge >= 0.3 is 0 Å². The number of aliphatic hydroxyl groups excluding tert-OH is 1. The molecule has 1 rings (SSSR count). The first kappa shape index (κ1) is 14.2. The van der Waals surface area contributed by atoms with Gasteiger partial charge in [-0.05, 0) is 24.7 Å². The summed E-state index contributed by atoms with van der Waals surface area (Å²) in [5.74, 6) is 0.329. The smallest absolute Gasteiger partial charge is 0.246 e. The van der Waals surface area contributed by atoms with Gasteiger partial charge in [-0.3, -0.25) is 4.79 Å². The maximum atomic E-state index is 12.0. The molecule has 0 radical (unpaired) electrons. The first-order chi connectivity index (χ1) is 7.71. The van der Waals surface area contributed by atoms with E-state index in [1.54, 1.807) is 11.0 Å². The third-order valence-electron chi connectivity index (χ3n) is 3.75. The quantitative estimate of drug-likeness (QED) is 0.713. The van der Waals surface area contributed by atoms with E-state index < -0.39 is 0 Å². The minimum atomic E-state index is -0.379. The summed E-state index contributed by atoms with van der Waals surface area (Å²) in [5.41, 5.74) is 1.10. The van der Waals surface area contributed by atoms with Crippen LogP contribution in [-0.4, -0.2) is 35.1 Å². The number of hydrogen-bond donors (Lipinski definition) is 1. The van der Waals surface area contributed by atoms with E-state index in [1.165, 1.54) is 0 Å². The molecule has 3 nitrogen and oxygen atoms in total. The second-order valence-corrected chi connectivity index (χ2v) is 6.19. The molecule has 2 atom stereocenters. The summed E-state index contributed by atoms with van der Waals surface area (Å²) in [5, 5.41) is 9.78. The maximum Gasteiger partial charge on any atom is 0.246 e. The molecule has 0 aromatic heterocycles. The van der Waals surface area contributed by atoms with Crippen molar-refractivity contribution in [3.8, 4) is 0 Å². The number of aliphatic hydroxyl groups is 1. The number of rotatable bonds is 1. The lowest BCUT2D eigenvalue weighted by Crippen LogP contribution is -2.45. The Morgan fingerprint density at radius 2 is 2.00 bits per heavy atom. The molecule has 1 amide bonds. The number of β-amino-alcohol motifs (C(OH)–C–C–N with tert-alkyl or cyclic N) is 1. The lowest BCUT2D eigenvalue weighted by Gasteiger charge is -2.34. The molecular weight excluding hydrogens is 214 g/mol. The lowest BCUT2D eigenvalue weighted by atomic mass is 9.87. The van der Waals surface area contributed by atoms with E-state index in [2.05, 4.69) is 20.8 Å². The minimum absolute atomic E-state index is 0.0252. The molecular formula is C14H25NO2. The number of amides is 1. The minimum Gasteiger partial charge on any atom is -0.391 e. The Bertz CT molecular complexity index is 315. The molecule has 0 aromatic rings. The number of allylic oxidation sites excluding steroid dienone is 1. The Labute approximate surface area is 105 Å². The molecule has 1 saturated heterocycles. The van der Waals surface area contributed by atoms with Crippen LogP contribution in [-0.2, 0) is 4.79 Å². The predicted octanol–water partition coefficient (Wildman–Crippen LogP) is 2.21. The number of carbonyl (C=O) groups is 1. The van der Waals surface area contributed by atoms with Gasteiger partial charge in [0.1, 0.15) is 0 Å². The number of piperidine rings is 1. The molecule has 0 aliphatic carbocycles. The van der Waals surface area contributed by atoms with Crippen LogP contribution in [0.1, 0.15) is 41.0 Å². The van der Waals surface area contributed by atoms with Crippen LogP contribution < -0.4 is 0 Å². The van der Waals surface area contributed by atoms with E-state index >= 15 is 0 Å². The standard InChI is InChI=1S/C14H25NO2/c1-10-6-7-15(9-12(10)16)13(17)8-11(2)14(3,4)5/h8,10,12,16H,6-7,9H2,1-5H3/b11-8-. The second-order valence-electron chi connectivity index (χ2n) is 6.19. The van der Waals surface area contributed by atoms with Crippen molar-refractivity contribution in [3.05, 3.63) is 11.6 Å². The summed E-state index contributed by atoms with van der Waals surface area (Å²) in [6.07, 6.45) is 2.22. The van der Waals surface area contributed by atoms with Gasteiger partial charge in [0.25, 0.3) is 0 Å². The van der Waals surface area contributed by atoms with Crippen LogP contribution in [0.4, 0.5) is 0 Å². The molecule has 0 saturated carbocycles. The zero-order chi connectivity index (χ0) is 13.2. The Morgan fingerprint density at radius 1 is 1.41 bits per heavy atom. The van der Waals surface area contributed by atoms with Gasteiger partial charge in [0.15, 0.2) is 0 Å². The van der Waals surface area contributed by atoms with Crippen LogP contribution in [0.15, 0.2) is 11.6 Å². The molecule has 0 spiro atoms. The van der Waals surface area contributed by atoms with Gasteiger partial charge < -0.3 is 10.0 Å². The van der Waals surface area contributed by atoms with Gasteiger partial charge in [0, 0.05) is 19.2 Å². The average Bonchev–Trinajstić information content (AvgIpc) is 2.20. The summed E-state index contributed by atoms with van der Waals surface area (Å²) in [6, 6.07) is 0. The largest absolute Gasteiger partial charge is 0.391 e. The van der Waals surface area contributed by atoms with Crippen LogP contribution in [0.3, 0.4) is 0 Å². The van der Waals surface area contributed by atoms with Crippen molar-refractivity contribution in [1.82, 2.24) is 4.90 Å². The highest BCUT2D eigenvalue weighted by Gasteiger charge is 2.26. The highest BCUT2D eigenvalue weighted by atomic mass is 16.3. The molecule has 98 valence electrons. The molecule has 2 unspecified atom stereocenters. The Kier molecular flexibility index (Phi) is 4.36. The molecule has 1 aliphatic heterocycles. The topological polar surface area (TPSA) is 40.5 Å². The molecule has 1 N–H and O–H groups in total. The predicted molar refractivity (Wildman–Crippen MR) is 69.6 cm³/mol. The van der Waals surface area contributed by atoms with Gasteiger partial charge in [-0.25, -0.2) is 0 Å². The van der Waals surface area contributed by atoms with E-state index in [0.29, 0.717) is 12.5 Å². The summed E-state index contributed by atoms with van der Waals surface area (Å²) in [6.45, 7) is 11.5. The van der Waals surface area contributed by atoms with E-state index in [-0.39, 0.29) is 17.4 Å². The fraction of sp³-hybridized carbons (Fsp3) is 0.786. The van der Waals surface area contributed by atoms with Crippen molar-refractivity contribution in [2.45, 2.75) is 47.1 Å². The van der Waals surface area contributed by atoms with Crippen LogP contribution >= 0.6 is 0 Å². The number of carbonyl (C=O) groups excluding carboxylic acids is 1. The van der Waals surface area contributed by atoms with Crippen molar-refractivity contribution in [1.29, 1.82) is 0 Å². The maximum absolute atomic E-state index is 12.0. The van der Waals surface area contributed by atoms with Gasteiger partial charge in [0.2, 0.25) is 5.91 Å². The zero-order valence-corrected chi connectivity index (χ0v) is 11.7. The van der Waals surface area contributed by atoms with Crippen LogP contribution in [0, 0.1) is 11.3 Å². The Balaban J connectivity index is 2.66. The Morgan fingerprint density at radius 3 is 2.47 bits per heavy atom. The third kappa shape index (κ3) is 3.84. The highest BCUT2D eigenvalue weighted by molar-refractivity contribution is 5.88. The summed E-state index contributed by atoms with van der Waals surface area (Å²) in [4.78, 5) is 13.8. The zero-order valence-electron chi connectivity index (χ0n) is 11.7. The average molecular weight is 239 g/mol. The first-order valence-corrected chi connectivity index (χ1v) is 6.37. The molecule has 1 aliphatic rings. The van der Waals surface area contributed by atoms with Crippen molar-refractivity contribution in [2.75, 3.05) is 13.1 Å². The summed E-state index contributed by atoms with van der Waals surface area (Å²) < 4.78 is 0. The van der Waals surface area contributed by atoms with E-state index in [9.17, 15) is 9.90 Å². The first-order valence-electron chi connectivity index (χ1n) is 6.37.